The van der Waals surface area contributed by atoms with Gasteiger partial charge in [0.1, 0.15) is 6.33 Å². The minimum atomic E-state index is 0.240. The number of fused-ring (bicyclic) bond motifs is 1. The fourth-order valence-electron chi connectivity index (χ4n) is 3.86. The molecule has 0 radical (unpaired) electrons. The minimum absolute atomic E-state index is 0.240. The van der Waals surface area contributed by atoms with Crippen LogP contribution in [0.25, 0.3) is 27.8 Å². The van der Waals surface area contributed by atoms with Gasteiger partial charge < -0.3 is 5.32 Å². The smallest absolute Gasteiger partial charge is 0.100 e. The summed E-state index contributed by atoms with van der Waals surface area (Å²) in [6, 6.07) is 29.8. The maximum atomic E-state index is 4.68. The van der Waals surface area contributed by atoms with Crippen molar-refractivity contribution in [2.24, 2.45) is 0 Å². The van der Waals surface area contributed by atoms with Crippen molar-refractivity contribution in [1.29, 1.82) is 0 Å². The molecule has 0 aliphatic carbocycles. The molecule has 31 heavy (non-hydrogen) atoms. The molecule has 4 nitrogen and oxygen atoms in total. The number of hydrogen-bond donors (Lipinski definition) is 1. The highest BCUT2D eigenvalue weighted by Gasteiger charge is 2.10. The molecule has 4 heteroatoms. The lowest BCUT2D eigenvalue weighted by Crippen LogP contribution is -2.17. The van der Waals surface area contributed by atoms with Gasteiger partial charge in [-0.25, -0.2) is 4.98 Å². The highest BCUT2D eigenvalue weighted by atomic mass is 15.0. The molecule has 152 valence electrons. The first kappa shape index (κ1) is 19.2. The number of hydrogen-bond acceptors (Lipinski definition) is 3. The molecule has 0 bridgehead atoms. The molecule has 5 rings (SSSR count). The van der Waals surface area contributed by atoms with E-state index < -0.39 is 0 Å². The van der Waals surface area contributed by atoms with Crippen LogP contribution in [-0.4, -0.2) is 14.5 Å². The third kappa shape index (κ3) is 4.11. The van der Waals surface area contributed by atoms with Crippen LogP contribution in [0.3, 0.4) is 0 Å². The summed E-state index contributed by atoms with van der Waals surface area (Å²) in [6.07, 6.45) is 5.59. The van der Waals surface area contributed by atoms with E-state index in [2.05, 4.69) is 99.6 Å². The quantitative estimate of drug-likeness (QED) is 0.381. The standard InChI is InChI=1S/C27H24N4/c1-20(29-17-21-7-3-2-4-8-21)22-12-13-27-26(16-22)30-19-31(27)25-11-5-9-23(15-25)24-10-6-14-28-18-24/h2-16,18-20,29H,17H2,1H3/t20-/m1/s1. The predicted octanol–water partition coefficient (Wildman–Crippen LogP) is 5.94. The van der Waals surface area contributed by atoms with Gasteiger partial charge in [0.05, 0.1) is 11.0 Å². The average molecular weight is 405 g/mol. The molecule has 2 aromatic heterocycles. The molecule has 0 saturated carbocycles. The molecular weight excluding hydrogens is 380 g/mol. The van der Waals surface area contributed by atoms with Crippen LogP contribution in [0.4, 0.5) is 0 Å². The number of aromatic nitrogens is 3. The summed E-state index contributed by atoms with van der Waals surface area (Å²) in [7, 11) is 0. The molecule has 0 aliphatic rings. The second-order valence-electron chi connectivity index (χ2n) is 7.74. The Labute approximate surface area is 182 Å². The third-order valence-corrected chi connectivity index (χ3v) is 5.65. The molecule has 1 N–H and O–H groups in total. The van der Waals surface area contributed by atoms with Gasteiger partial charge in [-0.1, -0.05) is 54.6 Å². The van der Waals surface area contributed by atoms with Crippen molar-refractivity contribution in [2.45, 2.75) is 19.5 Å². The molecule has 5 aromatic rings. The van der Waals surface area contributed by atoms with Crippen molar-refractivity contribution in [1.82, 2.24) is 19.9 Å². The molecular formula is C27H24N4. The van der Waals surface area contributed by atoms with E-state index in [1.165, 1.54) is 11.1 Å². The van der Waals surface area contributed by atoms with E-state index in [1.807, 2.05) is 24.7 Å². The summed E-state index contributed by atoms with van der Waals surface area (Å²) in [5.41, 5.74) is 7.95. The Hall–Kier alpha value is -3.76. The van der Waals surface area contributed by atoms with Gasteiger partial charge in [0, 0.05) is 36.2 Å². The Morgan fingerprint density at radius 1 is 0.871 bits per heavy atom. The Balaban J connectivity index is 1.40. The summed E-state index contributed by atoms with van der Waals surface area (Å²) < 4.78 is 2.14. The monoisotopic (exact) mass is 404 g/mol. The van der Waals surface area contributed by atoms with Crippen LogP contribution >= 0.6 is 0 Å². The van der Waals surface area contributed by atoms with E-state index in [9.17, 15) is 0 Å². The highest BCUT2D eigenvalue weighted by Crippen LogP contribution is 2.25. The number of pyridine rings is 1. The van der Waals surface area contributed by atoms with Gasteiger partial charge in [0.2, 0.25) is 0 Å². The Kier molecular flexibility index (Phi) is 5.29. The van der Waals surface area contributed by atoms with Crippen LogP contribution in [0.5, 0.6) is 0 Å². The first-order valence-electron chi connectivity index (χ1n) is 10.5. The first-order chi connectivity index (χ1) is 15.3. The van der Waals surface area contributed by atoms with Gasteiger partial charge in [-0.3, -0.25) is 9.55 Å². The van der Waals surface area contributed by atoms with E-state index in [0.717, 1.165) is 34.4 Å². The number of benzene rings is 3. The molecule has 0 spiro atoms. The molecule has 0 aliphatic heterocycles. The molecule has 0 saturated heterocycles. The number of imidazole rings is 1. The van der Waals surface area contributed by atoms with E-state index in [4.69, 9.17) is 0 Å². The zero-order chi connectivity index (χ0) is 21.0. The van der Waals surface area contributed by atoms with E-state index in [1.54, 1.807) is 6.20 Å². The second-order valence-corrected chi connectivity index (χ2v) is 7.74. The van der Waals surface area contributed by atoms with Crippen LogP contribution in [0.15, 0.2) is 104 Å². The van der Waals surface area contributed by atoms with E-state index in [0.29, 0.717) is 0 Å². The first-order valence-corrected chi connectivity index (χ1v) is 10.5. The Bertz CT molecular complexity index is 1290. The lowest BCUT2D eigenvalue weighted by molar-refractivity contribution is 0.575. The summed E-state index contributed by atoms with van der Waals surface area (Å²) >= 11 is 0. The normalized spacial score (nSPS) is 12.2. The molecule has 3 aromatic carbocycles. The lowest BCUT2D eigenvalue weighted by atomic mass is 10.1. The van der Waals surface area contributed by atoms with Crippen molar-refractivity contribution in [3.63, 3.8) is 0 Å². The van der Waals surface area contributed by atoms with Crippen LogP contribution in [0, 0.1) is 0 Å². The highest BCUT2D eigenvalue weighted by molar-refractivity contribution is 5.79. The summed E-state index contributed by atoms with van der Waals surface area (Å²) in [6.45, 7) is 3.04. The van der Waals surface area contributed by atoms with Gasteiger partial charge in [-0.2, -0.15) is 0 Å². The maximum Gasteiger partial charge on any atom is 0.100 e. The number of nitrogens with zero attached hydrogens (tertiary/aromatic N) is 3. The van der Waals surface area contributed by atoms with Crippen LogP contribution in [-0.2, 0) is 6.54 Å². The third-order valence-electron chi connectivity index (χ3n) is 5.65. The van der Waals surface area contributed by atoms with Gasteiger partial charge in [0.25, 0.3) is 0 Å². The summed E-state index contributed by atoms with van der Waals surface area (Å²) in [5, 5.41) is 3.60. The SMILES string of the molecule is C[C@@H](NCc1ccccc1)c1ccc2c(c1)ncn2-c1cccc(-c2cccnc2)c1. The topological polar surface area (TPSA) is 42.7 Å². The van der Waals surface area contributed by atoms with Crippen molar-refractivity contribution >= 4 is 11.0 Å². The molecule has 0 unspecified atom stereocenters. The van der Waals surface area contributed by atoms with Gasteiger partial charge >= 0.3 is 0 Å². The number of rotatable bonds is 6. The van der Waals surface area contributed by atoms with Crippen LogP contribution < -0.4 is 5.32 Å². The van der Waals surface area contributed by atoms with Crippen molar-refractivity contribution in [3.8, 4) is 16.8 Å². The van der Waals surface area contributed by atoms with E-state index >= 15 is 0 Å². The lowest BCUT2D eigenvalue weighted by Gasteiger charge is -2.15. The fraction of sp³-hybridized carbons (Fsp3) is 0.111. The molecule has 2 heterocycles. The van der Waals surface area contributed by atoms with Crippen molar-refractivity contribution < 1.29 is 0 Å². The summed E-state index contributed by atoms with van der Waals surface area (Å²) in [5.74, 6) is 0. The Morgan fingerprint density at radius 3 is 2.58 bits per heavy atom. The molecule has 0 fully saturated rings. The largest absolute Gasteiger partial charge is 0.306 e. The fourth-order valence-corrected chi connectivity index (χ4v) is 3.86. The number of nitrogens with one attached hydrogen (secondary N) is 1. The molecule has 0 amide bonds. The minimum Gasteiger partial charge on any atom is -0.306 e. The van der Waals surface area contributed by atoms with Gasteiger partial charge in [-0.05, 0) is 53.9 Å². The molecule has 1 atom stereocenters. The van der Waals surface area contributed by atoms with Gasteiger partial charge in [0.15, 0.2) is 0 Å². The Morgan fingerprint density at radius 2 is 1.74 bits per heavy atom. The predicted molar refractivity (Wildman–Crippen MR) is 126 cm³/mol. The van der Waals surface area contributed by atoms with Crippen LogP contribution in [0.2, 0.25) is 0 Å². The second kappa shape index (κ2) is 8.54. The summed E-state index contributed by atoms with van der Waals surface area (Å²) in [4.78, 5) is 8.92. The van der Waals surface area contributed by atoms with E-state index in [-0.39, 0.29) is 6.04 Å². The van der Waals surface area contributed by atoms with Crippen molar-refractivity contribution in [2.75, 3.05) is 0 Å². The van der Waals surface area contributed by atoms with Crippen molar-refractivity contribution in [3.05, 3.63) is 115 Å². The zero-order valence-corrected chi connectivity index (χ0v) is 17.4. The van der Waals surface area contributed by atoms with Crippen LogP contribution in [0.1, 0.15) is 24.1 Å². The van der Waals surface area contributed by atoms with Gasteiger partial charge in [-0.15, -0.1) is 0 Å². The maximum absolute atomic E-state index is 4.68. The average Bonchev–Trinajstić information content (AvgIpc) is 3.27. The zero-order valence-electron chi connectivity index (χ0n) is 17.4.